The second-order valence-electron chi connectivity index (χ2n) is 0.310. The molecule has 0 aliphatic heterocycles. The van der Waals surface area contributed by atoms with Crippen LogP contribution in [0.3, 0.4) is 0 Å². The molecule has 0 aromatic rings. The van der Waals surface area contributed by atoms with Crippen LogP contribution in [0.2, 0.25) is 0 Å². The van der Waals surface area contributed by atoms with Gasteiger partial charge in [0, 0.05) is 0 Å². The summed E-state index contributed by atoms with van der Waals surface area (Å²) in [6, 6.07) is 0. The van der Waals surface area contributed by atoms with E-state index in [2.05, 4.69) is 0 Å². The molecule has 0 radical (unpaired) electrons. The van der Waals surface area contributed by atoms with Crippen molar-refractivity contribution < 1.29 is 0 Å². The summed E-state index contributed by atoms with van der Waals surface area (Å²) in [6.45, 7) is 0. The van der Waals surface area contributed by atoms with Gasteiger partial charge in [0.2, 0.25) is 0 Å². The zero-order valence-corrected chi connectivity index (χ0v) is 2.84. The van der Waals surface area contributed by atoms with Crippen LogP contribution >= 0.6 is 11.6 Å². The minimum atomic E-state index is 0.208. The molecule has 0 N–H and O–H groups in total. The van der Waals surface area contributed by atoms with Gasteiger partial charge in [0.1, 0.15) is 0 Å². The fraction of sp³-hybridized carbons (Fsp3) is 0.333. The Morgan fingerprint density at radius 2 is 2.25 bits per heavy atom. The summed E-state index contributed by atoms with van der Waals surface area (Å²) in [7, 11) is 0. The predicted molar refractivity (Wildman–Crippen MR) is 17.9 cm³/mol. The van der Waals surface area contributed by atoms with Crippen LogP contribution in [0.1, 0.15) is 0 Å². The number of alkyl halides is 1. The van der Waals surface area contributed by atoms with Gasteiger partial charge in [-0.15, -0.1) is 0 Å². The second-order valence-corrected chi connectivity index (χ2v) is 0.578. The normalized spacial score (nSPS) is 5.75. The molecule has 0 aromatic heterocycles. The molecule has 0 fully saturated rings. The van der Waals surface area contributed by atoms with Gasteiger partial charge in [-0.1, -0.05) is 0 Å². The topological polar surface area (TPSA) is 0 Å². The quantitative estimate of drug-likeness (QED) is 0.226. The van der Waals surface area contributed by atoms with Crippen LogP contribution < -0.4 is 0 Å². The Kier molecular flexibility index (Phi) is 3.12. The zero-order valence-electron chi connectivity index (χ0n) is 2.09. The fourth-order valence-electron chi connectivity index (χ4n) is 0. The molecule has 20 valence electrons. The van der Waals surface area contributed by atoms with Gasteiger partial charge in [-0.3, -0.25) is 0 Å². The van der Waals surface area contributed by atoms with Crippen molar-refractivity contribution in [3.8, 4) is 5.92 Å². The van der Waals surface area contributed by atoms with Crippen molar-refractivity contribution in [1.82, 2.24) is 0 Å². The van der Waals surface area contributed by atoms with E-state index in [1.54, 1.807) is 0 Å². The fourth-order valence-corrected chi connectivity index (χ4v) is 0. The van der Waals surface area contributed by atoms with Crippen molar-refractivity contribution >= 4 is 11.6 Å². The first-order chi connectivity index (χ1) is 1.91. The van der Waals surface area contributed by atoms with E-state index in [0.717, 1.165) is 0 Å². The van der Waals surface area contributed by atoms with Crippen molar-refractivity contribution in [3.05, 3.63) is 6.42 Å². The molecule has 0 aliphatic rings. The molecule has 0 saturated heterocycles. The Labute approximate surface area is 30.8 Å². The number of hydrogen-bond acceptors (Lipinski definition) is 0. The van der Waals surface area contributed by atoms with Gasteiger partial charge in [0.15, 0.2) is 0 Å². The predicted octanol–water partition coefficient (Wildman–Crippen LogP) is 0.815. The van der Waals surface area contributed by atoms with Crippen LogP contribution in [-0.4, -0.2) is 5.88 Å². The van der Waals surface area contributed by atoms with E-state index in [-0.39, 0.29) is 5.88 Å². The molecule has 1 heteroatoms. The summed E-state index contributed by atoms with van der Waals surface area (Å²) in [5.41, 5.74) is 0. The van der Waals surface area contributed by atoms with E-state index in [4.69, 9.17) is 18.0 Å². The summed E-state index contributed by atoms with van der Waals surface area (Å²) < 4.78 is 0. The van der Waals surface area contributed by atoms with E-state index in [1.165, 1.54) is 0 Å². The molecule has 4 heavy (non-hydrogen) atoms. The molecule has 0 atom stereocenters. The van der Waals surface area contributed by atoms with Crippen molar-refractivity contribution in [2.45, 2.75) is 0 Å². The molecular weight excluding hydrogens is 71.5 g/mol. The summed E-state index contributed by atoms with van der Waals surface area (Å²) in [4.78, 5) is 0. The van der Waals surface area contributed by atoms with Crippen molar-refractivity contribution in [2.24, 2.45) is 0 Å². The van der Waals surface area contributed by atoms with E-state index in [9.17, 15) is 0 Å². The maximum atomic E-state index is 6.07. The standard InChI is InChI=1S/C3H2Cl/c1-2-3-4/h3H2/q+1. The molecule has 0 aromatic carbocycles. The maximum absolute atomic E-state index is 6.07. The first-order valence-corrected chi connectivity index (χ1v) is 1.41. The SMILES string of the molecule is [C+]#CCCl. The van der Waals surface area contributed by atoms with Crippen molar-refractivity contribution in [1.29, 1.82) is 0 Å². The van der Waals surface area contributed by atoms with Crippen LogP contribution in [0.4, 0.5) is 0 Å². The van der Waals surface area contributed by atoms with Crippen LogP contribution in [-0.2, 0) is 0 Å². The van der Waals surface area contributed by atoms with Crippen LogP contribution in [0.5, 0.6) is 0 Å². The first kappa shape index (κ1) is 4.07. The summed E-state index contributed by atoms with van der Waals surface area (Å²) >= 11 is 4.89. The van der Waals surface area contributed by atoms with E-state index in [0.29, 0.717) is 0 Å². The number of halogens is 1. The van der Waals surface area contributed by atoms with Crippen LogP contribution in [0.25, 0.3) is 0 Å². The van der Waals surface area contributed by atoms with Gasteiger partial charge in [-0.25, -0.2) is 0 Å². The zero-order chi connectivity index (χ0) is 3.41. The third kappa shape index (κ3) is 2.07. The van der Waals surface area contributed by atoms with Gasteiger partial charge in [-0.2, -0.15) is 0 Å². The molecule has 0 bridgehead atoms. The van der Waals surface area contributed by atoms with Crippen molar-refractivity contribution in [3.63, 3.8) is 0 Å². The molecular formula is C3H2Cl+. The first-order valence-electron chi connectivity index (χ1n) is 0.871. The van der Waals surface area contributed by atoms with Gasteiger partial charge in [-0.05, 0) is 0 Å². The van der Waals surface area contributed by atoms with Gasteiger partial charge in [0.25, 0.3) is 0 Å². The molecule has 0 nitrogen and oxygen atoms in total. The number of rotatable bonds is 0. The minimum absolute atomic E-state index is 0.208. The molecule has 0 rings (SSSR count). The van der Waals surface area contributed by atoms with E-state index < -0.39 is 0 Å². The number of hydrogen-bond donors (Lipinski definition) is 0. The molecule has 0 aliphatic carbocycles. The third-order valence-corrected chi connectivity index (χ3v) is 0.200. The average molecular weight is 73.5 g/mol. The Morgan fingerprint density at radius 1 is 2.00 bits per heavy atom. The summed E-state index contributed by atoms with van der Waals surface area (Å²) in [5, 5.41) is 0. The van der Waals surface area contributed by atoms with E-state index >= 15 is 0 Å². The van der Waals surface area contributed by atoms with Gasteiger partial charge >= 0.3 is 29.8 Å². The molecule has 0 amide bonds. The third-order valence-electron chi connectivity index (χ3n) is 0.0668. The van der Waals surface area contributed by atoms with Crippen molar-refractivity contribution in [2.75, 3.05) is 5.88 Å². The van der Waals surface area contributed by atoms with Gasteiger partial charge in [0.05, 0.1) is 0 Å². The Balaban J connectivity index is 2.43. The van der Waals surface area contributed by atoms with Crippen LogP contribution in [0.15, 0.2) is 0 Å². The van der Waals surface area contributed by atoms with Gasteiger partial charge < -0.3 is 0 Å². The monoisotopic (exact) mass is 73.0 g/mol. The van der Waals surface area contributed by atoms with E-state index in [1.807, 2.05) is 5.92 Å². The molecule has 0 unspecified atom stereocenters. The molecule has 0 heterocycles. The second kappa shape index (κ2) is 3.07. The molecule has 0 saturated carbocycles. The summed E-state index contributed by atoms with van der Waals surface area (Å²) in [5.74, 6) is 2.15. The average Bonchev–Trinajstić information content (AvgIpc) is 1.37. The summed E-state index contributed by atoms with van der Waals surface area (Å²) in [6.07, 6.45) is 6.07. The Morgan fingerprint density at radius 3 is 2.25 bits per heavy atom. The van der Waals surface area contributed by atoms with Crippen LogP contribution in [0, 0.1) is 12.3 Å². The molecule has 0 spiro atoms. The Hall–Kier alpha value is 0.0700. The Bertz CT molecular complexity index is 33.0.